The number of nitrogens with zero attached hydrogens (tertiary/aromatic N) is 1. The van der Waals surface area contributed by atoms with Crippen molar-refractivity contribution in [2.45, 2.75) is 0 Å². The fourth-order valence-electron chi connectivity index (χ4n) is 1.29. The first-order chi connectivity index (χ1) is 7.15. The summed E-state index contributed by atoms with van der Waals surface area (Å²) in [7, 11) is 0. The number of hydrogen-bond donors (Lipinski definition) is 3. The topological polar surface area (TPSA) is 92.0 Å². The number of aromatic nitrogens is 2. The Balaban J connectivity index is 2.59. The number of rotatable bonds is 1. The number of benzene rings is 1. The summed E-state index contributed by atoms with van der Waals surface area (Å²) in [4.78, 5) is 17.4. The van der Waals surface area contributed by atoms with Gasteiger partial charge in [0.15, 0.2) is 0 Å². The molecule has 0 unspecified atom stereocenters. The molecule has 0 amide bonds. The van der Waals surface area contributed by atoms with E-state index >= 15 is 0 Å². The Morgan fingerprint density at radius 3 is 2.80 bits per heavy atom. The highest BCUT2D eigenvalue weighted by Gasteiger charge is 2.02. The molecule has 1 heterocycles. The van der Waals surface area contributed by atoms with Crippen LogP contribution in [0.4, 0.5) is 5.95 Å². The molecule has 0 aliphatic carbocycles. The zero-order valence-corrected chi connectivity index (χ0v) is 7.77. The Hall–Kier alpha value is -2.30. The lowest BCUT2D eigenvalue weighted by atomic mass is 10.1. The number of nitrogen functional groups attached to an aromatic ring is 1. The van der Waals surface area contributed by atoms with Gasteiger partial charge >= 0.3 is 0 Å². The van der Waals surface area contributed by atoms with E-state index in [4.69, 9.17) is 5.73 Å². The molecule has 1 aromatic carbocycles. The highest BCUT2D eigenvalue weighted by atomic mass is 16.3. The highest BCUT2D eigenvalue weighted by molar-refractivity contribution is 5.61. The minimum Gasteiger partial charge on any atom is -0.508 e. The minimum absolute atomic E-state index is 0.0563. The number of nitrogens with one attached hydrogen (secondary N) is 1. The van der Waals surface area contributed by atoms with Gasteiger partial charge in [-0.1, -0.05) is 12.1 Å². The fourth-order valence-corrected chi connectivity index (χ4v) is 1.29. The van der Waals surface area contributed by atoms with Gasteiger partial charge in [-0.05, 0) is 12.1 Å². The smallest absolute Gasteiger partial charge is 0.252 e. The summed E-state index contributed by atoms with van der Waals surface area (Å²) in [6, 6.07) is 7.79. The summed E-state index contributed by atoms with van der Waals surface area (Å²) in [5.74, 6) is 0.175. The van der Waals surface area contributed by atoms with Gasteiger partial charge in [0.05, 0.1) is 5.69 Å². The lowest BCUT2D eigenvalue weighted by Crippen LogP contribution is -2.10. The Morgan fingerprint density at radius 2 is 2.13 bits per heavy atom. The fraction of sp³-hybridized carbons (Fsp3) is 0. The predicted molar refractivity (Wildman–Crippen MR) is 56.4 cm³/mol. The highest BCUT2D eigenvalue weighted by Crippen LogP contribution is 2.20. The van der Waals surface area contributed by atoms with Crippen molar-refractivity contribution in [1.29, 1.82) is 0 Å². The average molecular weight is 203 g/mol. The second kappa shape index (κ2) is 3.45. The van der Waals surface area contributed by atoms with Crippen LogP contribution in [-0.4, -0.2) is 15.1 Å². The molecule has 2 aromatic rings. The van der Waals surface area contributed by atoms with Crippen LogP contribution in [0.15, 0.2) is 35.1 Å². The Morgan fingerprint density at radius 1 is 1.33 bits per heavy atom. The van der Waals surface area contributed by atoms with E-state index < -0.39 is 0 Å². The van der Waals surface area contributed by atoms with Crippen LogP contribution < -0.4 is 11.3 Å². The maximum atomic E-state index is 11.1. The molecular weight excluding hydrogens is 194 g/mol. The second-order valence-electron chi connectivity index (χ2n) is 3.07. The van der Waals surface area contributed by atoms with Crippen LogP contribution in [0.25, 0.3) is 11.3 Å². The summed E-state index contributed by atoms with van der Waals surface area (Å²) in [6.45, 7) is 0. The third kappa shape index (κ3) is 1.96. The maximum absolute atomic E-state index is 11.1. The van der Waals surface area contributed by atoms with Gasteiger partial charge in [-0.25, -0.2) is 4.98 Å². The molecule has 76 valence electrons. The van der Waals surface area contributed by atoms with Crippen LogP contribution in [0.3, 0.4) is 0 Å². The van der Waals surface area contributed by atoms with Gasteiger partial charge < -0.3 is 10.8 Å². The number of phenolic OH excluding ortho intramolecular Hbond substituents is 1. The molecule has 0 bridgehead atoms. The number of anilines is 1. The van der Waals surface area contributed by atoms with E-state index in [-0.39, 0.29) is 17.3 Å². The van der Waals surface area contributed by atoms with Crippen LogP contribution in [0.1, 0.15) is 0 Å². The van der Waals surface area contributed by atoms with Crippen molar-refractivity contribution in [3.63, 3.8) is 0 Å². The van der Waals surface area contributed by atoms with Gasteiger partial charge in [0.25, 0.3) is 5.56 Å². The number of H-pyrrole nitrogens is 1. The number of aromatic hydroxyl groups is 1. The lowest BCUT2D eigenvalue weighted by molar-refractivity contribution is 0.475. The number of nitrogens with two attached hydrogens (primary N) is 1. The SMILES string of the molecule is Nc1nc(-c2cccc(O)c2)cc(=O)[nH]1. The number of aromatic amines is 1. The van der Waals surface area contributed by atoms with E-state index in [9.17, 15) is 9.90 Å². The van der Waals surface area contributed by atoms with E-state index in [0.717, 1.165) is 0 Å². The van der Waals surface area contributed by atoms with Crippen LogP contribution in [0.2, 0.25) is 0 Å². The monoisotopic (exact) mass is 203 g/mol. The molecule has 0 fully saturated rings. The van der Waals surface area contributed by atoms with Gasteiger partial charge in [-0.15, -0.1) is 0 Å². The van der Waals surface area contributed by atoms with Crippen molar-refractivity contribution in [1.82, 2.24) is 9.97 Å². The predicted octanol–water partition coefficient (Wildman–Crippen LogP) is 0.725. The zero-order chi connectivity index (χ0) is 10.8. The molecule has 1 aromatic heterocycles. The van der Waals surface area contributed by atoms with Crippen molar-refractivity contribution in [3.05, 3.63) is 40.7 Å². The molecule has 5 nitrogen and oxygen atoms in total. The quantitative estimate of drug-likeness (QED) is 0.636. The molecule has 5 heteroatoms. The first kappa shape index (κ1) is 9.26. The van der Waals surface area contributed by atoms with E-state index in [0.29, 0.717) is 11.3 Å². The van der Waals surface area contributed by atoms with E-state index in [1.54, 1.807) is 18.2 Å². The summed E-state index contributed by atoms with van der Waals surface area (Å²) < 4.78 is 0. The molecular formula is C10H9N3O2. The Bertz CT molecular complexity index is 548. The summed E-state index contributed by atoms with van der Waals surface area (Å²) >= 11 is 0. The zero-order valence-electron chi connectivity index (χ0n) is 7.77. The van der Waals surface area contributed by atoms with Crippen molar-refractivity contribution < 1.29 is 5.11 Å². The van der Waals surface area contributed by atoms with Crippen molar-refractivity contribution in [3.8, 4) is 17.0 Å². The van der Waals surface area contributed by atoms with Crippen LogP contribution in [0, 0.1) is 0 Å². The molecule has 15 heavy (non-hydrogen) atoms. The van der Waals surface area contributed by atoms with Gasteiger partial charge in [-0.3, -0.25) is 9.78 Å². The Kier molecular flexibility index (Phi) is 2.13. The summed E-state index contributed by atoms with van der Waals surface area (Å²) in [5, 5.41) is 9.27. The lowest BCUT2D eigenvalue weighted by Gasteiger charge is -2.01. The Labute approximate surface area is 85.2 Å². The van der Waals surface area contributed by atoms with E-state index in [1.165, 1.54) is 12.1 Å². The largest absolute Gasteiger partial charge is 0.508 e. The summed E-state index contributed by atoms with van der Waals surface area (Å²) in [5.41, 5.74) is 6.17. The molecule has 0 spiro atoms. The van der Waals surface area contributed by atoms with Crippen LogP contribution in [-0.2, 0) is 0 Å². The molecule has 0 atom stereocenters. The van der Waals surface area contributed by atoms with Crippen LogP contribution in [0.5, 0.6) is 5.75 Å². The number of hydrogen-bond acceptors (Lipinski definition) is 4. The minimum atomic E-state index is -0.319. The number of phenols is 1. The van der Waals surface area contributed by atoms with Crippen LogP contribution >= 0.6 is 0 Å². The second-order valence-corrected chi connectivity index (χ2v) is 3.07. The molecule has 0 aliphatic rings. The third-order valence-corrected chi connectivity index (χ3v) is 1.90. The van der Waals surface area contributed by atoms with Gasteiger partial charge in [0.2, 0.25) is 5.95 Å². The first-order valence-corrected chi connectivity index (χ1v) is 4.31. The van der Waals surface area contributed by atoms with E-state index in [2.05, 4.69) is 9.97 Å². The molecule has 0 radical (unpaired) electrons. The first-order valence-electron chi connectivity index (χ1n) is 4.31. The van der Waals surface area contributed by atoms with Crippen molar-refractivity contribution >= 4 is 5.95 Å². The van der Waals surface area contributed by atoms with Crippen molar-refractivity contribution in [2.24, 2.45) is 0 Å². The van der Waals surface area contributed by atoms with Gasteiger partial charge in [0, 0.05) is 11.6 Å². The van der Waals surface area contributed by atoms with E-state index in [1.807, 2.05) is 0 Å². The average Bonchev–Trinajstić information content (AvgIpc) is 2.16. The summed E-state index contributed by atoms with van der Waals surface area (Å²) in [6.07, 6.45) is 0. The molecule has 0 aliphatic heterocycles. The van der Waals surface area contributed by atoms with Gasteiger partial charge in [-0.2, -0.15) is 0 Å². The molecule has 0 saturated heterocycles. The molecule has 0 saturated carbocycles. The van der Waals surface area contributed by atoms with Gasteiger partial charge in [0.1, 0.15) is 5.75 Å². The standard InChI is InChI=1S/C10H9N3O2/c11-10-12-8(5-9(15)13-10)6-2-1-3-7(14)4-6/h1-5,14H,(H3,11,12,13,15). The molecule has 4 N–H and O–H groups in total. The molecule has 2 rings (SSSR count). The third-order valence-electron chi connectivity index (χ3n) is 1.90. The van der Waals surface area contributed by atoms with Crippen molar-refractivity contribution in [2.75, 3.05) is 5.73 Å². The maximum Gasteiger partial charge on any atom is 0.252 e. The normalized spacial score (nSPS) is 10.1.